The molecule has 0 unspecified atom stereocenters. The van der Waals surface area contributed by atoms with Gasteiger partial charge in [0.05, 0.1) is 30.1 Å². The van der Waals surface area contributed by atoms with Crippen LogP contribution >= 0.6 is 35.8 Å². The topological polar surface area (TPSA) is 18.5 Å². The van der Waals surface area contributed by atoms with Gasteiger partial charge < -0.3 is 9.47 Å². The van der Waals surface area contributed by atoms with E-state index < -0.39 is 0 Å². The van der Waals surface area contributed by atoms with Crippen molar-refractivity contribution in [1.82, 2.24) is 0 Å². The lowest BCUT2D eigenvalue weighted by Crippen LogP contribution is -2.41. The van der Waals surface area contributed by atoms with Crippen LogP contribution in [0.2, 0.25) is 10.0 Å². The molecule has 1 saturated heterocycles. The molecule has 1 aromatic carbocycles. The molecule has 0 bridgehead atoms. The van der Waals surface area contributed by atoms with Crippen molar-refractivity contribution in [1.29, 1.82) is 0 Å². The molecule has 0 N–H and O–H groups in total. The summed E-state index contributed by atoms with van der Waals surface area (Å²) in [6.45, 7) is 1.09. The van der Waals surface area contributed by atoms with Crippen molar-refractivity contribution < 1.29 is 9.47 Å². The molecule has 1 aliphatic heterocycles. The molecule has 0 amide bonds. The first kappa shape index (κ1) is 11.4. The van der Waals surface area contributed by atoms with Gasteiger partial charge in [0.15, 0.2) is 0 Å². The molecule has 0 saturated carbocycles. The summed E-state index contributed by atoms with van der Waals surface area (Å²) in [5.41, 5.74) is 0.886. The highest BCUT2D eigenvalue weighted by atomic mass is 35.5. The predicted molar refractivity (Wildman–Crippen MR) is 64.5 cm³/mol. The van der Waals surface area contributed by atoms with Crippen molar-refractivity contribution in [2.45, 2.75) is 4.75 Å². The molecule has 15 heavy (non-hydrogen) atoms. The summed E-state index contributed by atoms with van der Waals surface area (Å²) in [4.78, 5) is 0. The number of hydrogen-bond acceptors (Lipinski definition) is 3. The highest BCUT2D eigenvalue weighted by molar-refractivity contribution is 7.81. The fourth-order valence-electron chi connectivity index (χ4n) is 1.56. The zero-order valence-corrected chi connectivity index (χ0v) is 10.5. The molecular weight excluding hydrogens is 255 g/mol. The molecule has 82 valence electrons. The van der Waals surface area contributed by atoms with E-state index in [0.717, 1.165) is 5.56 Å². The Kier molecular flexibility index (Phi) is 3.08. The Balaban J connectivity index is 2.53. The number of rotatable bonds is 2. The zero-order valence-electron chi connectivity index (χ0n) is 8.09. The van der Waals surface area contributed by atoms with Gasteiger partial charge in [0.1, 0.15) is 5.75 Å². The quantitative estimate of drug-likeness (QED) is 0.828. The van der Waals surface area contributed by atoms with Gasteiger partial charge >= 0.3 is 0 Å². The van der Waals surface area contributed by atoms with Crippen LogP contribution in [0.15, 0.2) is 12.1 Å². The van der Waals surface area contributed by atoms with E-state index in [1.54, 1.807) is 13.2 Å². The highest BCUT2D eigenvalue weighted by Gasteiger charge is 2.39. The third-order valence-electron chi connectivity index (χ3n) is 2.40. The molecule has 1 heterocycles. The predicted octanol–water partition coefficient (Wildman–Crippen LogP) is 3.16. The van der Waals surface area contributed by atoms with Crippen molar-refractivity contribution in [3.63, 3.8) is 0 Å². The number of benzene rings is 1. The van der Waals surface area contributed by atoms with Crippen LogP contribution in [-0.2, 0) is 9.48 Å². The van der Waals surface area contributed by atoms with Crippen molar-refractivity contribution >= 4 is 35.8 Å². The lowest BCUT2D eigenvalue weighted by molar-refractivity contribution is -0.0106. The number of ether oxygens (including phenoxy) is 2. The van der Waals surface area contributed by atoms with Gasteiger partial charge in [-0.1, -0.05) is 23.2 Å². The van der Waals surface area contributed by atoms with Crippen LogP contribution in [0, 0.1) is 0 Å². The molecule has 2 nitrogen and oxygen atoms in total. The second-order valence-electron chi connectivity index (χ2n) is 3.49. The third kappa shape index (κ3) is 1.94. The SMILES string of the molecule is COc1c(Cl)cc(Cl)cc1C1(S)COC1. The Hall–Kier alpha value is -0.0900. The second kappa shape index (κ2) is 4.06. The highest BCUT2D eigenvalue weighted by Crippen LogP contribution is 2.45. The van der Waals surface area contributed by atoms with E-state index in [4.69, 9.17) is 32.7 Å². The van der Waals surface area contributed by atoms with Gasteiger partial charge in [-0.05, 0) is 12.1 Å². The van der Waals surface area contributed by atoms with Gasteiger partial charge in [0, 0.05) is 10.6 Å². The standard InChI is InChI=1S/C10H10Cl2O2S/c1-13-9-7(10(15)4-14-5-10)2-6(11)3-8(9)12/h2-3,15H,4-5H2,1H3. The monoisotopic (exact) mass is 264 g/mol. The smallest absolute Gasteiger partial charge is 0.142 e. The van der Waals surface area contributed by atoms with Crippen molar-refractivity contribution in [3.8, 4) is 5.75 Å². The van der Waals surface area contributed by atoms with Gasteiger partial charge in [0.25, 0.3) is 0 Å². The summed E-state index contributed by atoms with van der Waals surface area (Å²) >= 11 is 16.5. The fourth-order valence-corrected chi connectivity index (χ4v) is 2.48. The largest absolute Gasteiger partial charge is 0.495 e. The average molecular weight is 265 g/mol. The minimum atomic E-state index is -0.333. The zero-order chi connectivity index (χ0) is 11.1. The number of halogens is 2. The molecule has 0 radical (unpaired) electrons. The van der Waals surface area contributed by atoms with Crippen LogP contribution < -0.4 is 4.74 Å². The summed E-state index contributed by atoms with van der Waals surface area (Å²) in [5.74, 6) is 0.624. The van der Waals surface area contributed by atoms with E-state index in [1.807, 2.05) is 6.07 Å². The minimum Gasteiger partial charge on any atom is -0.495 e. The molecule has 2 rings (SSSR count). The molecule has 0 aromatic heterocycles. The van der Waals surface area contributed by atoms with E-state index in [2.05, 4.69) is 12.6 Å². The summed E-state index contributed by atoms with van der Waals surface area (Å²) in [7, 11) is 1.58. The molecule has 5 heteroatoms. The molecule has 0 atom stereocenters. The normalized spacial score (nSPS) is 18.4. The van der Waals surface area contributed by atoms with E-state index in [-0.39, 0.29) is 4.75 Å². The van der Waals surface area contributed by atoms with Gasteiger partial charge in [-0.2, -0.15) is 12.6 Å². The number of methoxy groups -OCH3 is 1. The molecular formula is C10H10Cl2O2S. The number of hydrogen-bond donors (Lipinski definition) is 1. The Labute approximate surface area is 104 Å². The lowest BCUT2D eigenvalue weighted by Gasteiger charge is -2.38. The van der Waals surface area contributed by atoms with E-state index in [9.17, 15) is 0 Å². The second-order valence-corrected chi connectivity index (χ2v) is 5.19. The molecule has 1 aliphatic rings. The maximum absolute atomic E-state index is 6.04. The number of thiol groups is 1. The maximum Gasteiger partial charge on any atom is 0.142 e. The first-order valence-electron chi connectivity index (χ1n) is 4.40. The summed E-state index contributed by atoms with van der Waals surface area (Å²) in [6.07, 6.45) is 0. The van der Waals surface area contributed by atoms with Crippen molar-refractivity contribution in [3.05, 3.63) is 27.7 Å². The van der Waals surface area contributed by atoms with Gasteiger partial charge in [0.2, 0.25) is 0 Å². The lowest BCUT2D eigenvalue weighted by atomic mass is 9.95. The van der Waals surface area contributed by atoms with Crippen LogP contribution in [0.1, 0.15) is 5.56 Å². The summed E-state index contributed by atoms with van der Waals surface area (Å²) in [5, 5.41) is 1.08. The van der Waals surface area contributed by atoms with Gasteiger partial charge in [-0.15, -0.1) is 0 Å². The van der Waals surface area contributed by atoms with Crippen LogP contribution in [0.5, 0.6) is 5.75 Å². The van der Waals surface area contributed by atoms with E-state index in [0.29, 0.717) is 29.0 Å². The van der Waals surface area contributed by atoms with E-state index >= 15 is 0 Å². The van der Waals surface area contributed by atoms with Crippen molar-refractivity contribution in [2.24, 2.45) is 0 Å². The average Bonchev–Trinajstić information content (AvgIpc) is 2.13. The van der Waals surface area contributed by atoms with Crippen molar-refractivity contribution in [2.75, 3.05) is 20.3 Å². The first-order chi connectivity index (χ1) is 7.07. The Morgan fingerprint density at radius 1 is 1.40 bits per heavy atom. The first-order valence-corrected chi connectivity index (χ1v) is 5.61. The van der Waals surface area contributed by atoms with Crippen LogP contribution in [0.25, 0.3) is 0 Å². The maximum atomic E-state index is 6.04. The van der Waals surface area contributed by atoms with Crippen LogP contribution in [0.4, 0.5) is 0 Å². The fraction of sp³-hybridized carbons (Fsp3) is 0.400. The molecule has 0 spiro atoms. The molecule has 1 aromatic rings. The van der Waals surface area contributed by atoms with Crippen LogP contribution in [-0.4, -0.2) is 20.3 Å². The third-order valence-corrected chi connectivity index (χ3v) is 3.39. The summed E-state index contributed by atoms with van der Waals surface area (Å²) < 4.78 is 10.1. The van der Waals surface area contributed by atoms with E-state index in [1.165, 1.54) is 0 Å². The Bertz CT molecular complexity index is 391. The molecule has 1 fully saturated rings. The molecule has 0 aliphatic carbocycles. The summed E-state index contributed by atoms with van der Waals surface area (Å²) in [6, 6.07) is 3.48. The minimum absolute atomic E-state index is 0.333. The van der Waals surface area contributed by atoms with Gasteiger partial charge in [-0.3, -0.25) is 0 Å². The Morgan fingerprint density at radius 3 is 2.53 bits per heavy atom. The van der Waals surface area contributed by atoms with Crippen LogP contribution in [0.3, 0.4) is 0 Å². The Morgan fingerprint density at radius 2 is 2.07 bits per heavy atom. The van der Waals surface area contributed by atoms with Gasteiger partial charge in [-0.25, -0.2) is 0 Å².